The molecule has 1 aromatic carbocycles. The van der Waals surface area contributed by atoms with Crippen LogP contribution in [-0.2, 0) is 4.74 Å². The molecule has 156 valence electrons. The Morgan fingerprint density at radius 3 is 2.52 bits per heavy atom. The zero-order chi connectivity index (χ0) is 20.6. The third kappa shape index (κ3) is 5.44. The van der Waals surface area contributed by atoms with Gasteiger partial charge in [0.25, 0.3) is 5.91 Å². The van der Waals surface area contributed by atoms with Gasteiger partial charge in [0.15, 0.2) is 0 Å². The number of nitrogens with zero attached hydrogens (tertiary/aromatic N) is 4. The molecule has 1 aliphatic rings. The highest BCUT2D eigenvalue weighted by Gasteiger charge is 2.18. The monoisotopic (exact) mass is 397 g/mol. The van der Waals surface area contributed by atoms with Gasteiger partial charge in [-0.1, -0.05) is 26.0 Å². The predicted molar refractivity (Wildman–Crippen MR) is 117 cm³/mol. The Morgan fingerprint density at radius 2 is 1.83 bits per heavy atom. The second-order valence-electron chi connectivity index (χ2n) is 7.25. The number of para-hydroxylation sites is 2. The number of amides is 1. The average molecular weight is 398 g/mol. The molecule has 1 saturated heterocycles. The normalized spacial score (nSPS) is 14.0. The van der Waals surface area contributed by atoms with Crippen LogP contribution < -0.4 is 15.1 Å². The molecule has 7 nitrogen and oxygen atoms in total. The van der Waals surface area contributed by atoms with Gasteiger partial charge >= 0.3 is 0 Å². The zero-order valence-corrected chi connectivity index (χ0v) is 17.6. The SMILES string of the molecule is CCCN(CCC)c1nc(C)cc(C(=O)Nc2ccccc2N2CCOCC2)n1. The van der Waals surface area contributed by atoms with E-state index < -0.39 is 0 Å². The minimum atomic E-state index is -0.217. The molecule has 0 aliphatic carbocycles. The third-order valence-electron chi connectivity index (χ3n) is 4.85. The van der Waals surface area contributed by atoms with Crippen molar-refractivity contribution in [3.05, 3.63) is 41.7 Å². The number of aromatic nitrogens is 2. The van der Waals surface area contributed by atoms with Crippen LogP contribution >= 0.6 is 0 Å². The molecule has 0 atom stereocenters. The summed E-state index contributed by atoms with van der Waals surface area (Å²) in [6, 6.07) is 9.62. The fraction of sp³-hybridized carbons (Fsp3) is 0.500. The minimum Gasteiger partial charge on any atom is -0.378 e. The lowest BCUT2D eigenvalue weighted by Gasteiger charge is -2.30. The number of rotatable bonds is 8. The van der Waals surface area contributed by atoms with Gasteiger partial charge in [-0.05, 0) is 38.0 Å². The number of carbonyl (C=O) groups excluding carboxylic acids is 1. The Bertz CT molecular complexity index is 815. The molecule has 1 N–H and O–H groups in total. The van der Waals surface area contributed by atoms with Crippen molar-refractivity contribution in [2.75, 3.05) is 54.5 Å². The summed E-state index contributed by atoms with van der Waals surface area (Å²) in [6.45, 7) is 10.9. The van der Waals surface area contributed by atoms with Crippen LogP contribution in [0.2, 0.25) is 0 Å². The second-order valence-corrected chi connectivity index (χ2v) is 7.25. The van der Waals surface area contributed by atoms with Crippen molar-refractivity contribution in [1.29, 1.82) is 0 Å². The average Bonchev–Trinajstić information content (AvgIpc) is 2.74. The van der Waals surface area contributed by atoms with E-state index in [1.165, 1.54) is 0 Å². The summed E-state index contributed by atoms with van der Waals surface area (Å²) < 4.78 is 5.45. The van der Waals surface area contributed by atoms with E-state index in [-0.39, 0.29) is 5.91 Å². The molecule has 1 fully saturated rings. The molecule has 7 heteroatoms. The maximum atomic E-state index is 13.0. The summed E-state index contributed by atoms with van der Waals surface area (Å²) in [5.74, 6) is 0.408. The molecule has 0 unspecified atom stereocenters. The van der Waals surface area contributed by atoms with Crippen molar-refractivity contribution in [3.8, 4) is 0 Å². The molecule has 2 aromatic rings. The van der Waals surface area contributed by atoms with E-state index in [2.05, 4.69) is 38.9 Å². The third-order valence-corrected chi connectivity index (χ3v) is 4.85. The highest BCUT2D eigenvalue weighted by Crippen LogP contribution is 2.27. The van der Waals surface area contributed by atoms with Gasteiger partial charge in [0.2, 0.25) is 5.95 Å². The molecule has 3 rings (SSSR count). The number of hydrogen-bond donors (Lipinski definition) is 1. The van der Waals surface area contributed by atoms with Crippen molar-refractivity contribution in [2.24, 2.45) is 0 Å². The van der Waals surface area contributed by atoms with Gasteiger partial charge in [-0.2, -0.15) is 0 Å². The number of hydrogen-bond acceptors (Lipinski definition) is 6. The second kappa shape index (κ2) is 10.2. The maximum absolute atomic E-state index is 13.0. The molecule has 1 aliphatic heterocycles. The predicted octanol–water partition coefficient (Wildman–Crippen LogP) is 3.50. The van der Waals surface area contributed by atoms with Gasteiger partial charge in [0.05, 0.1) is 24.6 Å². The Morgan fingerprint density at radius 1 is 1.14 bits per heavy atom. The van der Waals surface area contributed by atoms with E-state index in [9.17, 15) is 4.79 Å². The Hall–Kier alpha value is -2.67. The summed E-state index contributed by atoms with van der Waals surface area (Å²) in [5, 5.41) is 3.05. The number of morpholine rings is 1. The van der Waals surface area contributed by atoms with E-state index in [4.69, 9.17) is 4.74 Å². The first-order valence-corrected chi connectivity index (χ1v) is 10.5. The fourth-order valence-electron chi connectivity index (χ4n) is 3.51. The van der Waals surface area contributed by atoms with Gasteiger partial charge in [-0.25, -0.2) is 9.97 Å². The summed E-state index contributed by atoms with van der Waals surface area (Å²) in [5.41, 5.74) is 2.98. The quantitative estimate of drug-likeness (QED) is 0.735. The lowest BCUT2D eigenvalue weighted by atomic mass is 10.2. The topological polar surface area (TPSA) is 70.6 Å². The van der Waals surface area contributed by atoms with E-state index >= 15 is 0 Å². The van der Waals surface area contributed by atoms with Crippen LogP contribution in [0.25, 0.3) is 0 Å². The molecule has 2 heterocycles. The molecular weight excluding hydrogens is 366 g/mol. The molecular formula is C22H31N5O2. The lowest BCUT2D eigenvalue weighted by Crippen LogP contribution is -2.36. The number of carbonyl (C=O) groups is 1. The van der Waals surface area contributed by atoms with Gasteiger partial charge in [-0.15, -0.1) is 0 Å². The first-order valence-electron chi connectivity index (χ1n) is 10.5. The summed E-state index contributed by atoms with van der Waals surface area (Å²) >= 11 is 0. The lowest BCUT2D eigenvalue weighted by molar-refractivity contribution is 0.102. The molecule has 29 heavy (non-hydrogen) atoms. The van der Waals surface area contributed by atoms with Crippen LogP contribution in [0.4, 0.5) is 17.3 Å². The van der Waals surface area contributed by atoms with Crippen LogP contribution in [0.1, 0.15) is 42.9 Å². The number of nitrogens with one attached hydrogen (secondary N) is 1. The zero-order valence-electron chi connectivity index (χ0n) is 17.6. The van der Waals surface area contributed by atoms with Crippen molar-refractivity contribution < 1.29 is 9.53 Å². The Labute approximate surface area is 173 Å². The van der Waals surface area contributed by atoms with Gasteiger partial charge in [0, 0.05) is 31.9 Å². The highest BCUT2D eigenvalue weighted by atomic mass is 16.5. The van der Waals surface area contributed by atoms with Crippen LogP contribution in [0.5, 0.6) is 0 Å². The fourth-order valence-corrected chi connectivity index (χ4v) is 3.51. The van der Waals surface area contributed by atoms with Crippen LogP contribution in [0.3, 0.4) is 0 Å². The highest BCUT2D eigenvalue weighted by molar-refractivity contribution is 6.04. The van der Waals surface area contributed by atoms with E-state index in [0.29, 0.717) is 24.9 Å². The molecule has 0 saturated carbocycles. The largest absolute Gasteiger partial charge is 0.378 e. The summed E-state index contributed by atoms with van der Waals surface area (Å²) in [4.78, 5) is 26.6. The molecule has 1 aromatic heterocycles. The van der Waals surface area contributed by atoms with Crippen LogP contribution in [0, 0.1) is 6.92 Å². The minimum absolute atomic E-state index is 0.217. The standard InChI is InChI=1S/C22H31N5O2/c1-4-10-27(11-5-2)22-23-17(3)16-19(25-22)21(28)24-18-8-6-7-9-20(18)26-12-14-29-15-13-26/h6-9,16H,4-5,10-15H2,1-3H3,(H,24,28). The molecule has 1 amide bonds. The summed E-state index contributed by atoms with van der Waals surface area (Å²) in [6.07, 6.45) is 2.01. The first-order chi connectivity index (χ1) is 14.1. The van der Waals surface area contributed by atoms with E-state index in [1.54, 1.807) is 6.07 Å². The van der Waals surface area contributed by atoms with E-state index in [0.717, 1.165) is 56.1 Å². The van der Waals surface area contributed by atoms with Crippen molar-refractivity contribution in [3.63, 3.8) is 0 Å². The van der Waals surface area contributed by atoms with E-state index in [1.807, 2.05) is 31.2 Å². The number of ether oxygens (including phenoxy) is 1. The number of anilines is 3. The number of aryl methyl sites for hydroxylation is 1. The van der Waals surface area contributed by atoms with Crippen molar-refractivity contribution in [1.82, 2.24) is 9.97 Å². The summed E-state index contributed by atoms with van der Waals surface area (Å²) in [7, 11) is 0. The van der Waals surface area contributed by atoms with Gasteiger partial charge in [0.1, 0.15) is 5.69 Å². The van der Waals surface area contributed by atoms with Crippen molar-refractivity contribution in [2.45, 2.75) is 33.6 Å². The molecule has 0 bridgehead atoms. The van der Waals surface area contributed by atoms with Gasteiger partial charge in [-0.3, -0.25) is 4.79 Å². The maximum Gasteiger partial charge on any atom is 0.274 e. The molecule has 0 radical (unpaired) electrons. The smallest absolute Gasteiger partial charge is 0.274 e. The van der Waals surface area contributed by atoms with Crippen LogP contribution in [0.15, 0.2) is 30.3 Å². The Kier molecular flexibility index (Phi) is 7.41. The van der Waals surface area contributed by atoms with Crippen LogP contribution in [-0.4, -0.2) is 55.3 Å². The van der Waals surface area contributed by atoms with Crippen molar-refractivity contribution >= 4 is 23.2 Å². The van der Waals surface area contributed by atoms with Gasteiger partial charge < -0.3 is 19.9 Å². The first kappa shape index (κ1) is 21.0. The Balaban J connectivity index is 1.82. The molecule has 0 spiro atoms. The number of benzene rings is 1.